The van der Waals surface area contributed by atoms with E-state index >= 15 is 105 Å². The van der Waals surface area contributed by atoms with E-state index in [9.17, 15) is 9.59 Å². The Morgan fingerprint density at radius 3 is 0.699 bits per heavy atom. The Morgan fingerprint density at radius 1 is 0.268 bits per heavy atom. The molecule has 16 nitrogen and oxygen atoms in total. The number of carbonyl (C=O) groups excluding carboxylic acids is 2. The molecule has 2 N–H and O–H groups in total. The number of rotatable bonds is 8. The fourth-order valence-corrected chi connectivity index (χ4v) is 14.4. The Balaban J connectivity index is 0.0000112. The number of aromatic amines is 2. The monoisotopic (exact) mass is 1810 g/mol. The quantitative estimate of drug-likeness (QED) is 0.0822. The molecule has 17 rings (SSSR count). The number of hydrogen-bond acceptors (Lipinski definition) is 12. The number of hydrogen-bond donors (Lipinski definition) is 2. The summed E-state index contributed by atoms with van der Waals surface area (Å²) in [6.45, 7) is 0. The minimum atomic E-state index is -5.63. The molecule has 10 aromatic carbocycles. The molecule has 626 valence electrons. The molecule has 7 heterocycles. The molecule has 123 heavy (non-hydrogen) atoms. The predicted octanol–water partition coefficient (Wildman–Crippen LogP) is 23.6. The molecule has 0 saturated carbocycles. The second-order valence-electron chi connectivity index (χ2n) is 27.6. The van der Waals surface area contributed by atoms with Crippen LogP contribution >= 0.6 is 0 Å². The third kappa shape index (κ3) is 15.2. The van der Waals surface area contributed by atoms with Crippen molar-refractivity contribution in [3.8, 4) is 113 Å². The molecular weight excluding hydrogens is 1780 g/mol. The Hall–Kier alpha value is -13.6. The van der Waals surface area contributed by atoms with E-state index in [2.05, 4.69) is 39.9 Å². The number of imidazole rings is 2. The maximum absolute atomic E-state index is 15.1. The van der Waals surface area contributed by atoms with E-state index < -0.39 is 218 Å². The fraction of sp³-hybridized carbons (Fsp3) is 0.122. The number of esters is 2. The van der Waals surface area contributed by atoms with Gasteiger partial charge in [0.05, 0.1) is 115 Å². The standard InChI is InChI=1S/C82H38F24N12O4.Pd/c1-121-73(119)33-7-3-31(4-8-33)63-107-55-27-51-52(28-56(55)108-63)66-111-65(51)113-69-59-47(35-15-39(75(83,84)85)23-40(16-35)76(86,87)88)11-13-49(37-19-43(79(95,96)97)25-44(20-37)80(98,99)100)61(59)71(117-69)115-67-53-29-57-58(110-64(109-57)32-5-9-34(10-6-32)74(120)122-2)30-54(53)68(112-67)116-72-62-50(38-21-45(81(101,102)103)26-46(22-38)82(104,105)106)14-12-48(60(62)70(114-66)118-72)36-17-41(77(89,90)91)24-42(18-36)78(92,93)94;/h3-30H,1-2H3,(H4,107,108,109,110,111,112,113,114,115,116,117,118,119,120);/q;+2/p-2. The van der Waals surface area contributed by atoms with Gasteiger partial charge in [-0.15, -0.1) is 0 Å². The second-order valence-corrected chi connectivity index (χ2v) is 27.6. The molecule has 0 spiro atoms. The van der Waals surface area contributed by atoms with Gasteiger partial charge in [-0.3, -0.25) is 0 Å². The van der Waals surface area contributed by atoms with Gasteiger partial charge in [-0.1, -0.05) is 48.5 Å². The maximum atomic E-state index is 15.1. The Labute approximate surface area is 681 Å². The van der Waals surface area contributed by atoms with Crippen molar-refractivity contribution in [3.05, 3.63) is 225 Å². The summed E-state index contributed by atoms with van der Waals surface area (Å²) in [4.78, 5) is 78.0. The van der Waals surface area contributed by atoms with Crippen LogP contribution in [0.1, 0.15) is 65.2 Å². The summed E-state index contributed by atoms with van der Waals surface area (Å²) >= 11 is 0. The first-order valence-corrected chi connectivity index (χ1v) is 34.8. The molecule has 0 atom stereocenters. The normalized spacial score (nSPS) is 13.0. The zero-order valence-electron chi connectivity index (χ0n) is 60.7. The van der Waals surface area contributed by atoms with Gasteiger partial charge in [0, 0.05) is 77.5 Å². The number of H-pyrrole nitrogens is 2. The summed E-state index contributed by atoms with van der Waals surface area (Å²) in [5, 5.41) is -3.32. The molecule has 0 fully saturated rings. The van der Waals surface area contributed by atoms with Gasteiger partial charge in [-0.2, -0.15) is 105 Å². The number of alkyl halides is 24. The van der Waals surface area contributed by atoms with Crippen LogP contribution < -0.4 is 9.97 Å². The summed E-state index contributed by atoms with van der Waals surface area (Å²) < 4.78 is 373. The van der Waals surface area contributed by atoms with Gasteiger partial charge in [-0.25, -0.2) is 29.5 Å². The van der Waals surface area contributed by atoms with Gasteiger partial charge in [0.1, 0.15) is 11.6 Å². The summed E-state index contributed by atoms with van der Waals surface area (Å²) in [7, 11) is 2.19. The van der Waals surface area contributed by atoms with Crippen LogP contribution in [0.4, 0.5) is 105 Å². The molecule has 8 bridgehead atoms. The van der Waals surface area contributed by atoms with Crippen molar-refractivity contribution >= 4 is 78.1 Å². The SMILES string of the molecule is COC(=O)c1ccc(-c2nc3cc4c(cc3[nH]2)-c2nc-4nc3[n-]c(nc4nc(nc5[n-]c(n2)c2c(-c6cc(C(F)(F)F)cc(C(F)(F)F)c6)ccc(-c6cc(C(F)(F)F)cc(C(F)(F)F)c6)c52)-c2cc5nc(-c6ccc(C(=O)OC)cc6)[nH]c5cc2-4)c2c(-c4cc(C(F)(F)F)cc(C(F)(F)F)c4)ccc(-c4cc(C(F)(F)F)cc(C(F)(F)F)c4)c32)cc1.[Pd+2]. The zero-order chi connectivity index (χ0) is 87.1. The van der Waals surface area contributed by atoms with E-state index in [1.54, 1.807) is 0 Å². The molecule has 5 aromatic heterocycles. The largest absolute Gasteiger partial charge is 2.00 e. The van der Waals surface area contributed by atoms with Crippen LogP contribution in [0.15, 0.2) is 170 Å². The maximum Gasteiger partial charge on any atom is 2.00 e. The summed E-state index contributed by atoms with van der Waals surface area (Å²) in [5.41, 5.74) is -28.0. The van der Waals surface area contributed by atoms with E-state index in [-0.39, 0.29) is 171 Å². The first-order valence-electron chi connectivity index (χ1n) is 34.8. The Bertz CT molecular complexity index is 6260. The van der Waals surface area contributed by atoms with E-state index in [0.29, 0.717) is 0 Å². The molecule has 0 saturated heterocycles. The van der Waals surface area contributed by atoms with Crippen molar-refractivity contribution in [1.29, 1.82) is 0 Å². The van der Waals surface area contributed by atoms with Crippen LogP contribution in [-0.4, -0.2) is 76.0 Å². The average Bonchev–Trinajstić information content (AvgIpc) is 1.58. The smallest absolute Gasteiger partial charge is 0.465 e. The van der Waals surface area contributed by atoms with E-state index in [0.717, 1.165) is 38.5 Å². The van der Waals surface area contributed by atoms with Gasteiger partial charge in [0.2, 0.25) is 0 Å². The van der Waals surface area contributed by atoms with Crippen molar-refractivity contribution in [2.75, 3.05) is 14.2 Å². The van der Waals surface area contributed by atoms with Crippen LogP contribution in [0.3, 0.4) is 0 Å². The van der Waals surface area contributed by atoms with Crippen molar-refractivity contribution in [1.82, 2.24) is 59.8 Å². The number of fused-ring (bicyclic) bond motifs is 22. The van der Waals surface area contributed by atoms with Crippen molar-refractivity contribution in [2.24, 2.45) is 0 Å². The fourth-order valence-electron chi connectivity index (χ4n) is 14.4. The molecule has 0 unspecified atom stereocenters. The number of ether oxygens (including phenoxy) is 2. The molecule has 15 aromatic rings. The van der Waals surface area contributed by atoms with Gasteiger partial charge in [-0.05, 0) is 166 Å². The van der Waals surface area contributed by atoms with Gasteiger partial charge in [0.15, 0.2) is 0 Å². The zero-order valence-corrected chi connectivity index (χ0v) is 62.2. The number of halogens is 24. The van der Waals surface area contributed by atoms with Crippen LogP contribution in [-0.2, 0) is 79.3 Å². The molecule has 2 aliphatic heterocycles. The van der Waals surface area contributed by atoms with Crippen LogP contribution in [0.25, 0.3) is 179 Å². The number of carbonyl (C=O) groups is 2. The first-order chi connectivity index (χ1) is 57.1. The Kier molecular flexibility index (Phi) is 19.5. The van der Waals surface area contributed by atoms with Gasteiger partial charge >= 0.3 is 81.8 Å². The topological polar surface area (TPSA) is 216 Å². The van der Waals surface area contributed by atoms with E-state index in [1.807, 2.05) is 0 Å². The summed E-state index contributed by atoms with van der Waals surface area (Å²) in [5.74, 6) is -4.63. The average molecular weight is 1820 g/mol. The summed E-state index contributed by atoms with van der Waals surface area (Å²) in [6.07, 6.45) is -45.1. The molecule has 2 aliphatic rings. The Morgan fingerprint density at radius 2 is 0.488 bits per heavy atom. The molecule has 0 amide bonds. The van der Waals surface area contributed by atoms with Crippen molar-refractivity contribution in [3.63, 3.8) is 0 Å². The van der Waals surface area contributed by atoms with Crippen molar-refractivity contribution in [2.45, 2.75) is 49.4 Å². The number of aromatic nitrogens is 12. The summed E-state index contributed by atoms with van der Waals surface area (Å²) in [6, 6.07) is 19.1. The van der Waals surface area contributed by atoms with E-state index in [1.165, 1.54) is 72.8 Å². The van der Waals surface area contributed by atoms with Crippen LogP contribution in [0.2, 0.25) is 0 Å². The minimum Gasteiger partial charge on any atom is -0.465 e. The second kappa shape index (κ2) is 28.8. The third-order valence-electron chi connectivity index (χ3n) is 20.0. The first kappa shape index (κ1) is 83.1. The number of benzene rings is 10. The van der Waals surface area contributed by atoms with Crippen molar-refractivity contribution < 1.29 is 145 Å². The van der Waals surface area contributed by atoms with Crippen LogP contribution in [0.5, 0.6) is 0 Å². The number of nitrogens with zero attached hydrogens (tertiary/aromatic N) is 10. The molecule has 41 heteroatoms. The third-order valence-corrected chi connectivity index (χ3v) is 20.0. The number of nitrogens with one attached hydrogen (secondary N) is 2. The van der Waals surface area contributed by atoms with E-state index in [4.69, 9.17) is 29.4 Å². The van der Waals surface area contributed by atoms with Crippen LogP contribution in [0, 0.1) is 0 Å². The van der Waals surface area contributed by atoms with Gasteiger partial charge in [0.25, 0.3) is 0 Å². The molecule has 0 radical (unpaired) electrons. The minimum absolute atomic E-state index is 0. The molecule has 0 aliphatic carbocycles. The van der Waals surface area contributed by atoms with Gasteiger partial charge < -0.3 is 49.3 Å². The molecular formula is C82H36F24N12O4Pd. The number of methoxy groups -OCH3 is 2. The predicted molar refractivity (Wildman–Crippen MR) is 389 cm³/mol.